The van der Waals surface area contributed by atoms with Crippen molar-refractivity contribution in [3.05, 3.63) is 59.9 Å². The Morgan fingerprint density at radius 2 is 1.79 bits per heavy atom. The van der Waals surface area contributed by atoms with Crippen LogP contribution in [0.5, 0.6) is 5.75 Å². The zero-order valence-corrected chi connectivity index (χ0v) is 17.4. The standard InChI is InChI=1S/C25H29N3O/c1-3-5-6-7-12-17-29-24-16-11-8-13-20(24)18-21(19-26)25-27-22-14-9-10-15-23(22)28(25)4-2/h8-11,13-16,18H,3-7,12,17H2,1-2H3/b21-18-. The zero-order chi connectivity index (χ0) is 20.5. The number of fused-ring (bicyclic) bond motifs is 1. The van der Waals surface area contributed by atoms with E-state index in [0.717, 1.165) is 35.3 Å². The third kappa shape index (κ3) is 5.06. The van der Waals surface area contributed by atoms with Gasteiger partial charge in [0.25, 0.3) is 0 Å². The van der Waals surface area contributed by atoms with Gasteiger partial charge < -0.3 is 9.30 Å². The molecule has 0 radical (unpaired) electrons. The minimum atomic E-state index is 0.544. The quantitative estimate of drug-likeness (QED) is 0.296. The predicted molar refractivity (Wildman–Crippen MR) is 120 cm³/mol. The van der Waals surface area contributed by atoms with Crippen LogP contribution >= 0.6 is 0 Å². The highest BCUT2D eigenvalue weighted by Gasteiger charge is 2.14. The van der Waals surface area contributed by atoms with E-state index >= 15 is 0 Å². The van der Waals surface area contributed by atoms with Crippen LogP contribution in [0.1, 0.15) is 57.3 Å². The van der Waals surface area contributed by atoms with Crippen molar-refractivity contribution in [2.75, 3.05) is 6.61 Å². The van der Waals surface area contributed by atoms with Crippen molar-refractivity contribution in [3.63, 3.8) is 0 Å². The average Bonchev–Trinajstić information content (AvgIpc) is 3.13. The number of ether oxygens (including phenoxy) is 1. The summed E-state index contributed by atoms with van der Waals surface area (Å²) >= 11 is 0. The lowest BCUT2D eigenvalue weighted by molar-refractivity contribution is 0.304. The van der Waals surface area contributed by atoms with Gasteiger partial charge in [0.05, 0.1) is 23.2 Å². The Morgan fingerprint density at radius 1 is 1.03 bits per heavy atom. The molecule has 2 aromatic carbocycles. The third-order valence-corrected chi connectivity index (χ3v) is 5.06. The fourth-order valence-corrected chi connectivity index (χ4v) is 3.52. The number of aryl methyl sites for hydroxylation is 1. The molecule has 150 valence electrons. The summed E-state index contributed by atoms with van der Waals surface area (Å²) in [5, 5.41) is 9.86. The van der Waals surface area contributed by atoms with E-state index in [4.69, 9.17) is 9.72 Å². The summed E-state index contributed by atoms with van der Waals surface area (Å²) in [5.41, 5.74) is 3.40. The number of nitriles is 1. The second-order valence-corrected chi connectivity index (χ2v) is 7.14. The fourth-order valence-electron chi connectivity index (χ4n) is 3.52. The van der Waals surface area contributed by atoms with E-state index in [2.05, 4.69) is 24.5 Å². The van der Waals surface area contributed by atoms with Crippen LogP contribution in [0.3, 0.4) is 0 Å². The van der Waals surface area contributed by atoms with E-state index < -0.39 is 0 Å². The number of hydrogen-bond acceptors (Lipinski definition) is 3. The SMILES string of the molecule is CCCCCCCOc1ccccc1/C=C(/C#N)c1nc2ccccc2n1CC. The van der Waals surface area contributed by atoms with Gasteiger partial charge in [-0.15, -0.1) is 0 Å². The predicted octanol–water partition coefficient (Wildman–Crippen LogP) is 6.47. The van der Waals surface area contributed by atoms with Crippen molar-refractivity contribution in [1.29, 1.82) is 5.26 Å². The molecule has 0 aliphatic carbocycles. The van der Waals surface area contributed by atoms with Crippen molar-refractivity contribution in [2.45, 2.75) is 52.5 Å². The molecular formula is C25H29N3O. The Hall–Kier alpha value is -3.06. The first kappa shape index (κ1) is 20.7. The molecule has 0 amide bonds. The molecule has 0 atom stereocenters. The molecule has 0 bridgehead atoms. The molecule has 1 aromatic heterocycles. The number of nitrogens with zero attached hydrogens (tertiary/aromatic N) is 3. The van der Waals surface area contributed by atoms with Crippen LogP contribution in [-0.2, 0) is 6.54 Å². The van der Waals surface area contributed by atoms with Crippen LogP contribution < -0.4 is 4.74 Å². The van der Waals surface area contributed by atoms with Crippen LogP contribution in [0.2, 0.25) is 0 Å². The first-order chi connectivity index (χ1) is 14.3. The van der Waals surface area contributed by atoms with Crippen LogP contribution in [0.4, 0.5) is 0 Å². The van der Waals surface area contributed by atoms with E-state index in [9.17, 15) is 5.26 Å². The van der Waals surface area contributed by atoms with Gasteiger partial charge >= 0.3 is 0 Å². The summed E-state index contributed by atoms with van der Waals surface area (Å²) in [6.45, 7) is 5.75. The highest BCUT2D eigenvalue weighted by atomic mass is 16.5. The topological polar surface area (TPSA) is 50.8 Å². The van der Waals surface area contributed by atoms with Crippen LogP contribution in [-0.4, -0.2) is 16.2 Å². The Balaban J connectivity index is 1.84. The third-order valence-electron chi connectivity index (χ3n) is 5.06. The second kappa shape index (κ2) is 10.5. The second-order valence-electron chi connectivity index (χ2n) is 7.14. The lowest BCUT2D eigenvalue weighted by atomic mass is 10.1. The molecule has 4 nitrogen and oxygen atoms in total. The molecule has 4 heteroatoms. The van der Waals surface area contributed by atoms with E-state index in [0.29, 0.717) is 18.0 Å². The molecule has 3 aromatic rings. The summed E-state index contributed by atoms with van der Waals surface area (Å²) in [5.74, 6) is 1.51. The van der Waals surface area contributed by atoms with Crippen molar-refractivity contribution >= 4 is 22.7 Å². The van der Waals surface area contributed by atoms with Crippen molar-refractivity contribution < 1.29 is 4.74 Å². The Morgan fingerprint density at radius 3 is 2.59 bits per heavy atom. The number of allylic oxidation sites excluding steroid dienone is 1. The maximum absolute atomic E-state index is 9.86. The lowest BCUT2D eigenvalue weighted by Gasteiger charge is -2.10. The van der Waals surface area contributed by atoms with Gasteiger partial charge in [-0.3, -0.25) is 0 Å². The molecule has 0 spiro atoms. The largest absolute Gasteiger partial charge is 0.493 e. The minimum Gasteiger partial charge on any atom is -0.493 e. The summed E-state index contributed by atoms with van der Waals surface area (Å²) in [6, 6.07) is 18.2. The number of unbranched alkanes of at least 4 members (excludes halogenated alkanes) is 4. The van der Waals surface area contributed by atoms with Crippen molar-refractivity contribution in [2.24, 2.45) is 0 Å². The van der Waals surface area contributed by atoms with Gasteiger partial charge in [0.2, 0.25) is 0 Å². The van der Waals surface area contributed by atoms with Crippen LogP contribution in [0, 0.1) is 11.3 Å². The Kier molecular flexibility index (Phi) is 7.47. The molecular weight excluding hydrogens is 358 g/mol. The Labute approximate surface area is 173 Å². The lowest BCUT2D eigenvalue weighted by Crippen LogP contribution is -2.01. The molecule has 0 saturated heterocycles. The van der Waals surface area contributed by atoms with Gasteiger partial charge in [0, 0.05) is 12.1 Å². The number of para-hydroxylation sites is 3. The molecule has 0 saturated carbocycles. The molecule has 0 aliphatic heterocycles. The summed E-state index contributed by atoms with van der Waals surface area (Å²) in [4.78, 5) is 4.72. The molecule has 0 fully saturated rings. The van der Waals surface area contributed by atoms with E-state index in [1.807, 2.05) is 54.6 Å². The molecule has 0 unspecified atom stereocenters. The number of hydrogen-bond donors (Lipinski definition) is 0. The molecule has 29 heavy (non-hydrogen) atoms. The van der Waals surface area contributed by atoms with E-state index in [1.165, 1.54) is 25.7 Å². The average molecular weight is 388 g/mol. The van der Waals surface area contributed by atoms with Crippen molar-refractivity contribution in [3.8, 4) is 11.8 Å². The smallest absolute Gasteiger partial charge is 0.151 e. The van der Waals surface area contributed by atoms with Gasteiger partial charge in [-0.1, -0.05) is 62.9 Å². The maximum Gasteiger partial charge on any atom is 0.151 e. The highest BCUT2D eigenvalue weighted by Crippen LogP contribution is 2.27. The first-order valence-electron chi connectivity index (χ1n) is 10.6. The maximum atomic E-state index is 9.86. The van der Waals surface area contributed by atoms with Gasteiger partial charge in [0.1, 0.15) is 11.8 Å². The highest BCUT2D eigenvalue weighted by molar-refractivity contribution is 5.91. The molecule has 0 aliphatic rings. The number of aromatic nitrogens is 2. The molecule has 1 heterocycles. The number of benzene rings is 2. The summed E-state index contributed by atoms with van der Waals surface area (Å²) in [6.07, 6.45) is 7.91. The van der Waals surface area contributed by atoms with Gasteiger partial charge in [-0.2, -0.15) is 5.26 Å². The van der Waals surface area contributed by atoms with Gasteiger partial charge in [-0.05, 0) is 37.6 Å². The van der Waals surface area contributed by atoms with Crippen LogP contribution in [0.15, 0.2) is 48.5 Å². The molecule has 3 rings (SSSR count). The Bertz CT molecular complexity index is 1010. The van der Waals surface area contributed by atoms with Crippen molar-refractivity contribution in [1.82, 2.24) is 9.55 Å². The van der Waals surface area contributed by atoms with Gasteiger partial charge in [0.15, 0.2) is 5.82 Å². The van der Waals surface area contributed by atoms with Crippen LogP contribution in [0.25, 0.3) is 22.7 Å². The number of rotatable bonds is 10. The van der Waals surface area contributed by atoms with E-state index in [1.54, 1.807) is 0 Å². The first-order valence-corrected chi connectivity index (χ1v) is 10.6. The monoisotopic (exact) mass is 387 g/mol. The van der Waals surface area contributed by atoms with E-state index in [-0.39, 0.29) is 0 Å². The number of imidazole rings is 1. The summed E-state index contributed by atoms with van der Waals surface area (Å²) < 4.78 is 8.12. The fraction of sp³-hybridized carbons (Fsp3) is 0.360. The minimum absolute atomic E-state index is 0.544. The summed E-state index contributed by atoms with van der Waals surface area (Å²) in [7, 11) is 0. The molecule has 0 N–H and O–H groups in total. The normalized spacial score (nSPS) is 11.6. The van der Waals surface area contributed by atoms with Gasteiger partial charge in [-0.25, -0.2) is 4.98 Å². The zero-order valence-electron chi connectivity index (χ0n) is 17.4.